The van der Waals surface area contributed by atoms with Gasteiger partial charge in [0, 0.05) is 18.3 Å². The molecule has 142 valence electrons. The van der Waals surface area contributed by atoms with Crippen LogP contribution in [0.25, 0.3) is 22.1 Å². The second kappa shape index (κ2) is 5.92. The van der Waals surface area contributed by atoms with Crippen LogP contribution in [0.1, 0.15) is 44.2 Å². The molecule has 0 saturated heterocycles. The molecule has 4 nitrogen and oxygen atoms in total. The minimum absolute atomic E-state index is 0.0118. The molecule has 4 aromatic rings. The van der Waals surface area contributed by atoms with Crippen molar-refractivity contribution in [2.45, 2.75) is 38.6 Å². The van der Waals surface area contributed by atoms with Gasteiger partial charge in [0.05, 0.1) is 15.6 Å². The monoisotopic (exact) mass is 389 g/mol. The maximum absolute atomic E-state index is 13.0. The van der Waals surface area contributed by atoms with Crippen molar-refractivity contribution in [3.8, 4) is 0 Å². The normalized spacial score (nSPS) is 19.5. The van der Waals surface area contributed by atoms with Gasteiger partial charge in [-0.2, -0.15) is 0 Å². The van der Waals surface area contributed by atoms with Gasteiger partial charge in [0.25, 0.3) is 5.56 Å². The van der Waals surface area contributed by atoms with E-state index in [1.807, 2.05) is 30.3 Å². The summed E-state index contributed by atoms with van der Waals surface area (Å²) in [5.74, 6) is 0.492. The first-order valence-electron chi connectivity index (χ1n) is 9.65. The number of hydrogen-bond acceptors (Lipinski definition) is 4. The van der Waals surface area contributed by atoms with Gasteiger partial charge in [0.2, 0.25) is 0 Å². The molecule has 0 saturated carbocycles. The highest BCUT2D eigenvalue weighted by Gasteiger charge is 2.33. The molecule has 0 aliphatic carbocycles. The van der Waals surface area contributed by atoms with Crippen LogP contribution in [-0.2, 0) is 0 Å². The Morgan fingerprint density at radius 1 is 1.21 bits per heavy atom. The fourth-order valence-electron chi connectivity index (χ4n) is 4.45. The maximum atomic E-state index is 13.0. The van der Waals surface area contributed by atoms with Crippen molar-refractivity contribution >= 4 is 39.1 Å². The lowest BCUT2D eigenvalue weighted by Crippen LogP contribution is -2.45. The predicted molar refractivity (Wildman–Crippen MR) is 118 cm³/mol. The van der Waals surface area contributed by atoms with Gasteiger partial charge in [-0.1, -0.05) is 36.5 Å². The van der Waals surface area contributed by atoms with E-state index in [0.29, 0.717) is 5.92 Å². The number of aromatic nitrogens is 2. The van der Waals surface area contributed by atoms with Crippen LogP contribution in [0.4, 0.5) is 5.69 Å². The molecule has 1 aliphatic rings. The molecule has 0 spiro atoms. The average Bonchev–Trinajstić information content (AvgIpc) is 3.16. The van der Waals surface area contributed by atoms with Crippen LogP contribution >= 0.6 is 11.3 Å². The van der Waals surface area contributed by atoms with Crippen LogP contribution in [0, 0.1) is 0 Å². The fraction of sp³-hybridized carbons (Fsp3) is 0.304. The summed E-state index contributed by atoms with van der Waals surface area (Å²) in [5, 5.41) is 0. The van der Waals surface area contributed by atoms with E-state index in [0.717, 1.165) is 32.5 Å². The molecule has 2 aromatic carbocycles. The number of benzene rings is 2. The third kappa shape index (κ3) is 2.49. The molecule has 1 aliphatic heterocycles. The molecule has 2 aromatic heterocycles. The molecule has 0 radical (unpaired) electrons. The van der Waals surface area contributed by atoms with E-state index in [-0.39, 0.29) is 11.1 Å². The molecule has 1 atom stereocenters. The van der Waals surface area contributed by atoms with Crippen molar-refractivity contribution in [3.63, 3.8) is 0 Å². The van der Waals surface area contributed by atoms with Gasteiger partial charge >= 0.3 is 0 Å². The van der Waals surface area contributed by atoms with Gasteiger partial charge in [0.1, 0.15) is 0 Å². The SMILES string of the molecule is C[C@@H]1CC(C)(C)N(C)c2ccc(/C=c3\sc4nc5ccccc5n4c3=O)cc21. The van der Waals surface area contributed by atoms with E-state index in [9.17, 15) is 4.79 Å². The standard InChI is InChI=1S/C23H23N3OS/c1-14-13-23(2,3)25(4)18-10-9-15(11-16(14)18)12-20-21(27)26-19-8-6-5-7-17(19)24-22(26)28-20/h5-12,14H,13H2,1-4H3/b20-12-/t14-/m1/s1. The van der Waals surface area contributed by atoms with Crippen LogP contribution < -0.4 is 15.0 Å². The highest BCUT2D eigenvalue weighted by Crippen LogP contribution is 2.42. The Bertz CT molecular complexity index is 1330. The predicted octanol–water partition coefficient (Wildman–Crippen LogP) is 4.18. The number of anilines is 1. The lowest BCUT2D eigenvalue weighted by atomic mass is 9.80. The molecule has 5 heteroatoms. The van der Waals surface area contributed by atoms with Crippen molar-refractivity contribution in [2.75, 3.05) is 11.9 Å². The van der Waals surface area contributed by atoms with Crippen LogP contribution in [-0.4, -0.2) is 22.0 Å². The zero-order valence-electron chi connectivity index (χ0n) is 16.6. The first-order valence-corrected chi connectivity index (χ1v) is 10.5. The Balaban J connectivity index is 1.65. The summed E-state index contributed by atoms with van der Waals surface area (Å²) in [4.78, 5) is 20.7. The topological polar surface area (TPSA) is 37.6 Å². The molecule has 5 rings (SSSR count). The van der Waals surface area contributed by atoms with E-state index in [2.05, 4.69) is 55.9 Å². The second-order valence-electron chi connectivity index (χ2n) is 8.43. The summed E-state index contributed by atoms with van der Waals surface area (Å²) < 4.78 is 2.45. The Labute approximate surface area is 167 Å². The summed E-state index contributed by atoms with van der Waals surface area (Å²) in [7, 11) is 2.17. The third-order valence-corrected chi connectivity index (χ3v) is 7.07. The van der Waals surface area contributed by atoms with Gasteiger partial charge < -0.3 is 4.90 Å². The zero-order chi connectivity index (χ0) is 19.6. The van der Waals surface area contributed by atoms with Gasteiger partial charge in [-0.25, -0.2) is 9.38 Å². The fourth-order valence-corrected chi connectivity index (χ4v) is 5.44. The minimum Gasteiger partial charge on any atom is -0.369 e. The van der Waals surface area contributed by atoms with Crippen LogP contribution in [0.5, 0.6) is 0 Å². The molecule has 0 unspecified atom stereocenters. The number of fused-ring (bicyclic) bond motifs is 4. The number of rotatable bonds is 1. The molecule has 0 bridgehead atoms. The summed E-state index contributed by atoms with van der Waals surface area (Å²) >= 11 is 1.46. The molecular formula is C23H23N3OS. The lowest BCUT2D eigenvalue weighted by Gasteiger charge is -2.45. The largest absolute Gasteiger partial charge is 0.369 e. The van der Waals surface area contributed by atoms with Crippen molar-refractivity contribution in [3.05, 3.63) is 68.5 Å². The highest BCUT2D eigenvalue weighted by atomic mass is 32.1. The van der Waals surface area contributed by atoms with E-state index >= 15 is 0 Å². The number of imidazole rings is 1. The van der Waals surface area contributed by atoms with Crippen LogP contribution in [0.2, 0.25) is 0 Å². The van der Waals surface area contributed by atoms with Gasteiger partial charge in [0.15, 0.2) is 4.96 Å². The summed E-state index contributed by atoms with van der Waals surface area (Å²) in [5.41, 5.74) is 5.62. The molecule has 3 heterocycles. The van der Waals surface area contributed by atoms with Gasteiger partial charge in [-0.05, 0) is 67.7 Å². The van der Waals surface area contributed by atoms with Crippen LogP contribution in [0.15, 0.2) is 47.3 Å². The Kier molecular flexibility index (Phi) is 3.68. The highest BCUT2D eigenvalue weighted by molar-refractivity contribution is 7.15. The molecule has 28 heavy (non-hydrogen) atoms. The van der Waals surface area contributed by atoms with E-state index < -0.39 is 0 Å². The van der Waals surface area contributed by atoms with Gasteiger partial charge in [-0.15, -0.1) is 0 Å². The Hall–Kier alpha value is -2.66. The van der Waals surface area contributed by atoms with E-state index in [4.69, 9.17) is 0 Å². The average molecular weight is 390 g/mol. The molecule has 0 fully saturated rings. The number of para-hydroxylation sites is 2. The summed E-state index contributed by atoms with van der Waals surface area (Å²) in [6.07, 6.45) is 3.12. The molecule has 0 amide bonds. The second-order valence-corrected chi connectivity index (χ2v) is 9.44. The van der Waals surface area contributed by atoms with E-state index in [1.165, 1.54) is 22.6 Å². The Morgan fingerprint density at radius 2 is 2.00 bits per heavy atom. The Morgan fingerprint density at radius 3 is 2.82 bits per heavy atom. The summed E-state index contributed by atoms with van der Waals surface area (Å²) in [6.45, 7) is 6.88. The summed E-state index contributed by atoms with van der Waals surface area (Å²) in [6, 6.07) is 14.3. The number of thiazole rings is 1. The molecule has 0 N–H and O–H groups in total. The number of nitrogens with zero attached hydrogens (tertiary/aromatic N) is 3. The van der Waals surface area contributed by atoms with Crippen LogP contribution in [0.3, 0.4) is 0 Å². The zero-order valence-corrected chi connectivity index (χ0v) is 17.4. The van der Waals surface area contributed by atoms with Crippen molar-refractivity contribution < 1.29 is 0 Å². The number of hydrogen-bond donors (Lipinski definition) is 0. The lowest BCUT2D eigenvalue weighted by molar-refractivity contribution is 0.395. The smallest absolute Gasteiger partial charge is 0.274 e. The minimum atomic E-state index is 0.0118. The van der Waals surface area contributed by atoms with Crippen molar-refractivity contribution in [2.24, 2.45) is 0 Å². The first-order chi connectivity index (χ1) is 13.3. The molecular weight excluding hydrogens is 366 g/mol. The van der Waals surface area contributed by atoms with Crippen molar-refractivity contribution in [1.29, 1.82) is 0 Å². The van der Waals surface area contributed by atoms with Gasteiger partial charge in [-0.3, -0.25) is 4.79 Å². The third-order valence-electron chi connectivity index (χ3n) is 6.10. The van der Waals surface area contributed by atoms with Crippen molar-refractivity contribution in [1.82, 2.24) is 9.38 Å². The van der Waals surface area contributed by atoms with E-state index in [1.54, 1.807) is 4.40 Å². The first kappa shape index (κ1) is 17.4. The maximum Gasteiger partial charge on any atom is 0.274 e. The quantitative estimate of drug-likeness (QED) is 0.490.